The molecular formula is C19H20Br2N4O5. The van der Waals surface area contributed by atoms with Crippen LogP contribution in [0.2, 0.25) is 0 Å². The van der Waals surface area contributed by atoms with Crippen LogP contribution in [0.1, 0.15) is 28.9 Å². The highest BCUT2D eigenvalue weighted by Gasteiger charge is 2.19. The molecule has 0 aliphatic heterocycles. The molecule has 0 aliphatic rings. The van der Waals surface area contributed by atoms with Crippen LogP contribution in [0.5, 0.6) is 0 Å². The lowest BCUT2D eigenvalue weighted by Crippen LogP contribution is -2.43. The minimum atomic E-state index is -1.06. The Labute approximate surface area is 191 Å². The first-order valence-corrected chi connectivity index (χ1v) is 9.37. The molecule has 0 fully saturated rings. The number of aromatic nitrogens is 1. The third-order valence-electron chi connectivity index (χ3n) is 3.83. The lowest BCUT2D eigenvalue weighted by atomic mass is 10.1. The highest BCUT2D eigenvalue weighted by molar-refractivity contribution is 9.10. The van der Waals surface area contributed by atoms with Gasteiger partial charge in [0.05, 0.1) is 18.3 Å². The van der Waals surface area contributed by atoms with Crippen LogP contribution in [-0.2, 0) is 14.4 Å². The molecule has 1 heterocycles. The van der Waals surface area contributed by atoms with E-state index in [-0.39, 0.29) is 59.1 Å². The molecule has 0 saturated heterocycles. The van der Waals surface area contributed by atoms with E-state index in [0.717, 1.165) is 0 Å². The molecule has 30 heavy (non-hydrogen) atoms. The highest BCUT2D eigenvalue weighted by atomic mass is 79.9. The van der Waals surface area contributed by atoms with E-state index in [9.17, 15) is 19.2 Å². The molecule has 2 amide bonds. The monoisotopic (exact) mass is 542 g/mol. The summed E-state index contributed by atoms with van der Waals surface area (Å²) in [6.07, 6.45) is 1.20. The van der Waals surface area contributed by atoms with Crippen molar-refractivity contribution in [1.82, 2.24) is 10.3 Å². The molecular weight excluding hydrogens is 524 g/mol. The zero-order valence-corrected chi connectivity index (χ0v) is 18.9. The number of carbonyl (C=O) groups is 4. The van der Waals surface area contributed by atoms with Crippen LogP contribution in [0.4, 0.5) is 5.69 Å². The number of nitrogens with one attached hydrogen (secondary N) is 2. The minimum absolute atomic E-state index is 0. The van der Waals surface area contributed by atoms with E-state index in [1.54, 1.807) is 36.4 Å². The highest BCUT2D eigenvalue weighted by Crippen LogP contribution is 2.23. The number of carbonyl (C=O) groups excluding carboxylic acids is 3. The second-order valence-corrected chi connectivity index (χ2v) is 6.95. The van der Waals surface area contributed by atoms with Gasteiger partial charge in [-0.3, -0.25) is 24.2 Å². The molecule has 5 N–H and O–H groups in total. The molecule has 0 bridgehead atoms. The SMILES string of the molecule is Br.NC(CCC(=O)O)C(=O)NCC(=O)Nc1ccc(Br)cc1C(=O)c1ccccn1. The van der Waals surface area contributed by atoms with Crippen molar-refractivity contribution in [3.63, 3.8) is 0 Å². The van der Waals surface area contributed by atoms with E-state index >= 15 is 0 Å². The molecule has 0 aliphatic carbocycles. The number of hydrogen-bond donors (Lipinski definition) is 4. The van der Waals surface area contributed by atoms with E-state index in [1.165, 1.54) is 6.20 Å². The fourth-order valence-electron chi connectivity index (χ4n) is 2.35. The number of halogens is 2. The fraction of sp³-hybridized carbons (Fsp3) is 0.211. The molecule has 1 aromatic heterocycles. The Balaban J connectivity index is 0.00000450. The molecule has 1 unspecified atom stereocenters. The molecule has 2 rings (SSSR count). The Bertz CT molecular complexity index is 924. The van der Waals surface area contributed by atoms with Crippen LogP contribution in [0, 0.1) is 0 Å². The number of amides is 2. The number of anilines is 1. The lowest BCUT2D eigenvalue weighted by molar-refractivity contribution is -0.137. The van der Waals surface area contributed by atoms with Gasteiger partial charge in [-0.25, -0.2) is 0 Å². The van der Waals surface area contributed by atoms with E-state index in [0.29, 0.717) is 4.47 Å². The van der Waals surface area contributed by atoms with Gasteiger partial charge in [-0.2, -0.15) is 0 Å². The second-order valence-electron chi connectivity index (χ2n) is 6.04. The third-order valence-corrected chi connectivity index (χ3v) is 4.32. The quantitative estimate of drug-likeness (QED) is 0.352. The summed E-state index contributed by atoms with van der Waals surface area (Å²) in [4.78, 5) is 51.3. The average molecular weight is 544 g/mol. The fourth-order valence-corrected chi connectivity index (χ4v) is 2.71. The standard InChI is InChI=1S/C19H19BrN4O5.BrH/c20-11-4-6-14(12(9-11)18(28)15-3-1-2-8-22-15)24-16(25)10-23-19(29)13(21)5-7-17(26)27;/h1-4,6,8-9,13H,5,7,10,21H2,(H,23,29)(H,24,25)(H,26,27);1H. The van der Waals surface area contributed by atoms with Crippen molar-refractivity contribution in [3.05, 3.63) is 58.3 Å². The number of carboxylic acid groups (broad SMARTS) is 1. The van der Waals surface area contributed by atoms with E-state index in [2.05, 4.69) is 31.5 Å². The lowest BCUT2D eigenvalue weighted by Gasteiger charge is -2.13. The summed E-state index contributed by atoms with van der Waals surface area (Å²) in [5, 5.41) is 13.5. The summed E-state index contributed by atoms with van der Waals surface area (Å²) in [6.45, 7) is -0.382. The van der Waals surface area contributed by atoms with Gasteiger partial charge >= 0.3 is 5.97 Å². The van der Waals surface area contributed by atoms with E-state index in [4.69, 9.17) is 10.8 Å². The van der Waals surface area contributed by atoms with Crippen molar-refractivity contribution >= 4 is 62.2 Å². The molecule has 9 nitrogen and oxygen atoms in total. The number of carboxylic acids is 1. The van der Waals surface area contributed by atoms with Gasteiger partial charge in [0, 0.05) is 22.7 Å². The molecule has 1 aromatic carbocycles. The number of aliphatic carboxylic acids is 1. The van der Waals surface area contributed by atoms with Gasteiger partial charge in [0.1, 0.15) is 5.69 Å². The number of hydrogen-bond acceptors (Lipinski definition) is 6. The Morgan fingerprint density at radius 2 is 1.90 bits per heavy atom. The number of nitrogens with zero attached hydrogens (tertiary/aromatic N) is 1. The summed E-state index contributed by atoms with van der Waals surface area (Å²) >= 11 is 3.30. The van der Waals surface area contributed by atoms with Crippen molar-refractivity contribution in [1.29, 1.82) is 0 Å². The molecule has 0 saturated carbocycles. The molecule has 1 atom stereocenters. The Kier molecular flexibility index (Phi) is 10.3. The second kappa shape index (κ2) is 12.2. The Morgan fingerprint density at radius 3 is 2.53 bits per heavy atom. The van der Waals surface area contributed by atoms with Gasteiger partial charge in [0.2, 0.25) is 17.6 Å². The zero-order chi connectivity index (χ0) is 21.4. The number of ketones is 1. The molecule has 160 valence electrons. The van der Waals surface area contributed by atoms with Crippen LogP contribution in [0.25, 0.3) is 0 Å². The Morgan fingerprint density at radius 1 is 1.17 bits per heavy atom. The zero-order valence-electron chi connectivity index (χ0n) is 15.6. The number of benzene rings is 1. The van der Waals surface area contributed by atoms with Crippen molar-refractivity contribution in [2.45, 2.75) is 18.9 Å². The first-order valence-electron chi connectivity index (χ1n) is 8.58. The van der Waals surface area contributed by atoms with Crippen LogP contribution in [0.15, 0.2) is 47.1 Å². The predicted octanol–water partition coefficient (Wildman–Crippen LogP) is 1.90. The van der Waals surface area contributed by atoms with Gasteiger partial charge in [0.15, 0.2) is 0 Å². The molecule has 2 aromatic rings. The van der Waals surface area contributed by atoms with Crippen molar-refractivity contribution in [3.8, 4) is 0 Å². The summed E-state index contributed by atoms with van der Waals surface area (Å²) in [5.41, 5.74) is 6.30. The van der Waals surface area contributed by atoms with Gasteiger partial charge < -0.3 is 21.5 Å². The summed E-state index contributed by atoms with van der Waals surface area (Å²) in [7, 11) is 0. The maximum absolute atomic E-state index is 12.7. The molecule has 0 spiro atoms. The van der Waals surface area contributed by atoms with Gasteiger partial charge in [0.25, 0.3) is 0 Å². The average Bonchev–Trinajstić information content (AvgIpc) is 2.71. The summed E-state index contributed by atoms with van der Waals surface area (Å²) in [6, 6.07) is 8.67. The van der Waals surface area contributed by atoms with Crippen LogP contribution < -0.4 is 16.4 Å². The number of pyridine rings is 1. The van der Waals surface area contributed by atoms with Crippen molar-refractivity contribution < 1.29 is 24.3 Å². The van der Waals surface area contributed by atoms with Crippen LogP contribution in [0.3, 0.4) is 0 Å². The first kappa shape index (κ1) is 25.4. The maximum Gasteiger partial charge on any atom is 0.303 e. The smallest absolute Gasteiger partial charge is 0.303 e. The minimum Gasteiger partial charge on any atom is -0.481 e. The number of nitrogens with two attached hydrogens (primary N) is 1. The van der Waals surface area contributed by atoms with E-state index < -0.39 is 23.8 Å². The number of rotatable bonds is 9. The third kappa shape index (κ3) is 7.65. The van der Waals surface area contributed by atoms with Crippen LogP contribution >= 0.6 is 32.9 Å². The predicted molar refractivity (Wildman–Crippen MR) is 119 cm³/mol. The van der Waals surface area contributed by atoms with Gasteiger partial charge in [-0.05, 0) is 36.8 Å². The van der Waals surface area contributed by atoms with Gasteiger partial charge in [-0.15, -0.1) is 17.0 Å². The van der Waals surface area contributed by atoms with Crippen molar-refractivity contribution in [2.75, 3.05) is 11.9 Å². The molecule has 0 radical (unpaired) electrons. The van der Waals surface area contributed by atoms with Crippen molar-refractivity contribution in [2.24, 2.45) is 5.73 Å². The topological polar surface area (TPSA) is 151 Å². The summed E-state index contributed by atoms with van der Waals surface area (Å²) < 4.78 is 0.646. The van der Waals surface area contributed by atoms with E-state index in [1.807, 2.05) is 0 Å². The normalized spacial score (nSPS) is 11.0. The maximum atomic E-state index is 12.7. The summed E-state index contributed by atoms with van der Waals surface area (Å²) in [5.74, 6) is -2.64. The first-order chi connectivity index (χ1) is 13.8. The molecule has 11 heteroatoms. The van der Waals surface area contributed by atoms with Gasteiger partial charge in [-0.1, -0.05) is 22.0 Å². The van der Waals surface area contributed by atoms with Crippen LogP contribution in [-0.4, -0.2) is 46.2 Å². The largest absolute Gasteiger partial charge is 0.481 e. The Hall–Kier alpha value is -2.63.